The second kappa shape index (κ2) is 15.6. The Balaban J connectivity index is 1.80. The Labute approximate surface area is 279 Å². The van der Waals surface area contributed by atoms with Gasteiger partial charge in [-0.2, -0.15) is 0 Å². The number of rotatable bonds is 13. The molecular weight excluding hydrogens is 592 g/mol. The van der Waals surface area contributed by atoms with Crippen molar-refractivity contribution >= 4 is 29.0 Å². The number of ether oxygens (including phenoxy) is 2. The van der Waals surface area contributed by atoms with Crippen LogP contribution in [0.2, 0.25) is 0 Å². The Hall–Kier alpha value is -4.17. The predicted molar refractivity (Wildman–Crippen MR) is 186 cm³/mol. The van der Waals surface area contributed by atoms with E-state index in [1.165, 1.54) is 6.92 Å². The molecule has 4 rings (SSSR count). The first kappa shape index (κ1) is 35.7. The van der Waals surface area contributed by atoms with E-state index in [0.29, 0.717) is 41.7 Å². The molecule has 4 unspecified atom stereocenters. The van der Waals surface area contributed by atoms with Crippen LogP contribution < -0.4 is 20.1 Å². The summed E-state index contributed by atoms with van der Waals surface area (Å²) >= 11 is 0. The van der Waals surface area contributed by atoms with Gasteiger partial charge in [0.25, 0.3) is 0 Å². The molecule has 1 aliphatic carbocycles. The molecule has 1 aliphatic rings. The number of amides is 2. The molecule has 4 atom stereocenters. The Morgan fingerprint density at radius 1 is 0.830 bits per heavy atom. The number of anilines is 2. The van der Waals surface area contributed by atoms with Crippen LogP contribution >= 0.6 is 0 Å². The first-order valence-corrected chi connectivity index (χ1v) is 16.8. The van der Waals surface area contributed by atoms with E-state index in [1.807, 2.05) is 65.0 Å². The minimum Gasteiger partial charge on any atom is -0.490 e. The molecule has 0 bridgehead atoms. The lowest BCUT2D eigenvalue weighted by atomic mass is 9.61. The van der Waals surface area contributed by atoms with Crippen LogP contribution in [0.5, 0.6) is 11.5 Å². The summed E-state index contributed by atoms with van der Waals surface area (Å²) in [6.45, 7) is 14.2. The molecule has 0 spiro atoms. The molecule has 0 saturated heterocycles. The van der Waals surface area contributed by atoms with Crippen molar-refractivity contribution in [3.8, 4) is 11.5 Å². The van der Waals surface area contributed by atoms with Crippen LogP contribution in [0, 0.1) is 39.5 Å². The molecule has 1 saturated carbocycles. The Morgan fingerprint density at radius 3 is 2.04 bits per heavy atom. The van der Waals surface area contributed by atoms with E-state index in [4.69, 9.17) is 9.47 Å². The summed E-state index contributed by atoms with van der Waals surface area (Å²) in [4.78, 5) is 42.4. The molecule has 3 aromatic carbocycles. The molecule has 1 fully saturated rings. The average Bonchev–Trinajstić information content (AvgIpc) is 3.01. The summed E-state index contributed by atoms with van der Waals surface area (Å²) in [5.41, 5.74) is 3.78. The molecule has 8 nitrogen and oxygen atoms in total. The molecule has 0 aromatic heterocycles. The molecular formula is C39H50N2O6. The third-order valence-electron chi connectivity index (χ3n) is 9.47. The topological polar surface area (TPSA) is 114 Å². The van der Waals surface area contributed by atoms with Crippen LogP contribution in [0.4, 0.5) is 11.4 Å². The average molecular weight is 643 g/mol. The van der Waals surface area contributed by atoms with Crippen LogP contribution in [-0.2, 0) is 14.4 Å². The number of aryl methyl sites for hydroxylation is 2. The molecule has 3 N–H and O–H groups in total. The van der Waals surface area contributed by atoms with Gasteiger partial charge in [0.15, 0.2) is 11.5 Å². The summed E-state index contributed by atoms with van der Waals surface area (Å²) in [6, 6.07) is 16.5. The van der Waals surface area contributed by atoms with Gasteiger partial charge in [0.1, 0.15) is 11.7 Å². The molecule has 0 aliphatic heterocycles. The molecule has 3 aromatic rings. The van der Waals surface area contributed by atoms with E-state index in [-0.39, 0.29) is 6.42 Å². The van der Waals surface area contributed by atoms with Gasteiger partial charge in [-0.25, -0.2) is 0 Å². The summed E-state index contributed by atoms with van der Waals surface area (Å²) in [6.07, 6.45) is 3.87. The fourth-order valence-corrected chi connectivity index (χ4v) is 6.52. The molecule has 0 heterocycles. The van der Waals surface area contributed by atoms with E-state index in [9.17, 15) is 19.5 Å². The lowest BCUT2D eigenvalue weighted by molar-refractivity contribution is -0.150. The van der Waals surface area contributed by atoms with Crippen LogP contribution in [0.15, 0.2) is 54.6 Å². The maximum atomic E-state index is 14.3. The largest absolute Gasteiger partial charge is 0.490 e. The van der Waals surface area contributed by atoms with Crippen LogP contribution in [0.25, 0.3) is 0 Å². The molecule has 47 heavy (non-hydrogen) atoms. The fourth-order valence-electron chi connectivity index (χ4n) is 6.52. The second-order valence-corrected chi connectivity index (χ2v) is 13.0. The van der Waals surface area contributed by atoms with Gasteiger partial charge >= 0.3 is 0 Å². The number of carbonyl (C=O) groups excluding carboxylic acids is 3. The third-order valence-corrected chi connectivity index (χ3v) is 9.47. The Kier molecular flexibility index (Phi) is 11.9. The number of aliphatic hydroxyl groups is 1. The number of ketones is 1. The summed E-state index contributed by atoms with van der Waals surface area (Å²) in [5.74, 6) is -3.83. The zero-order valence-electron chi connectivity index (χ0n) is 28.9. The van der Waals surface area contributed by atoms with Crippen molar-refractivity contribution in [2.45, 2.75) is 92.1 Å². The van der Waals surface area contributed by atoms with E-state index in [1.54, 1.807) is 24.3 Å². The zero-order chi connectivity index (χ0) is 34.3. The minimum absolute atomic E-state index is 0.351. The molecule has 2 amide bonds. The zero-order valence-corrected chi connectivity index (χ0v) is 28.9. The number of hydrogen-bond acceptors (Lipinski definition) is 6. The lowest BCUT2D eigenvalue weighted by Crippen LogP contribution is -2.56. The normalized spacial score (nSPS) is 20.9. The predicted octanol–water partition coefficient (Wildman–Crippen LogP) is 7.60. The van der Waals surface area contributed by atoms with E-state index >= 15 is 0 Å². The van der Waals surface area contributed by atoms with Crippen LogP contribution in [0.1, 0.15) is 86.6 Å². The van der Waals surface area contributed by atoms with Gasteiger partial charge in [-0.1, -0.05) is 56.5 Å². The minimum atomic E-state index is -1.74. The number of hydrogen-bond donors (Lipinski definition) is 3. The lowest BCUT2D eigenvalue weighted by Gasteiger charge is -2.44. The highest BCUT2D eigenvalue weighted by atomic mass is 16.5. The quantitative estimate of drug-likeness (QED) is 0.131. The second-order valence-electron chi connectivity index (χ2n) is 13.0. The SMILES string of the molecule is CCCCCCOc1ccc(C2C(C(=O)Nc3cccc(C)c3C)C(=O)CC(C)(O)C2C(=O)Nc2cccc(C)c2C)cc1OCC. The number of nitrogens with one attached hydrogen (secondary N) is 2. The number of carbonyl (C=O) groups is 3. The summed E-state index contributed by atoms with van der Waals surface area (Å²) < 4.78 is 12.1. The van der Waals surface area contributed by atoms with E-state index in [0.717, 1.165) is 47.9 Å². The highest BCUT2D eigenvalue weighted by Gasteiger charge is 2.56. The van der Waals surface area contributed by atoms with Gasteiger partial charge in [-0.05, 0) is 100 Å². The summed E-state index contributed by atoms with van der Waals surface area (Å²) in [5, 5.41) is 17.8. The molecule has 252 valence electrons. The molecule has 0 radical (unpaired) electrons. The van der Waals surface area contributed by atoms with Gasteiger partial charge in [-0.15, -0.1) is 0 Å². The van der Waals surface area contributed by atoms with Gasteiger partial charge < -0.3 is 25.2 Å². The van der Waals surface area contributed by atoms with Crippen molar-refractivity contribution in [3.05, 3.63) is 82.4 Å². The molecule has 8 heteroatoms. The first-order valence-electron chi connectivity index (χ1n) is 16.8. The summed E-state index contributed by atoms with van der Waals surface area (Å²) in [7, 11) is 0. The Morgan fingerprint density at radius 2 is 1.45 bits per heavy atom. The van der Waals surface area contributed by atoms with Crippen molar-refractivity contribution in [1.82, 2.24) is 0 Å². The maximum absolute atomic E-state index is 14.3. The van der Waals surface area contributed by atoms with Crippen molar-refractivity contribution < 1.29 is 29.0 Å². The van der Waals surface area contributed by atoms with Crippen LogP contribution in [-0.4, -0.2) is 41.5 Å². The van der Waals surface area contributed by atoms with Crippen molar-refractivity contribution in [1.29, 1.82) is 0 Å². The van der Waals surface area contributed by atoms with E-state index in [2.05, 4.69) is 17.6 Å². The number of unbranched alkanes of at least 4 members (excludes halogenated alkanes) is 3. The van der Waals surface area contributed by atoms with Gasteiger partial charge in [-0.3, -0.25) is 14.4 Å². The Bertz CT molecular complexity index is 1600. The monoisotopic (exact) mass is 642 g/mol. The van der Waals surface area contributed by atoms with Gasteiger partial charge in [0.2, 0.25) is 11.8 Å². The van der Waals surface area contributed by atoms with Crippen molar-refractivity contribution in [3.63, 3.8) is 0 Å². The van der Waals surface area contributed by atoms with Crippen LogP contribution in [0.3, 0.4) is 0 Å². The first-order chi connectivity index (χ1) is 22.4. The number of benzene rings is 3. The standard InChI is InChI=1S/C39H50N2O6/c1-8-10-11-12-21-47-32-20-19-28(22-33(32)46-9-2)34-35(37(43)40-29-17-13-15-24(3)26(29)5)31(42)23-39(7,45)36(34)38(44)41-30-18-14-16-25(4)27(30)6/h13-20,22,34-36,45H,8-12,21,23H2,1-7H3,(H,40,43)(H,41,44). The van der Waals surface area contributed by atoms with Crippen molar-refractivity contribution in [2.75, 3.05) is 23.8 Å². The van der Waals surface area contributed by atoms with Crippen molar-refractivity contribution in [2.24, 2.45) is 11.8 Å². The van der Waals surface area contributed by atoms with Gasteiger partial charge in [0.05, 0.1) is 24.7 Å². The number of Topliss-reactive ketones (excluding diaryl/α,β-unsaturated/α-hetero) is 1. The third kappa shape index (κ3) is 8.22. The van der Waals surface area contributed by atoms with Gasteiger partial charge in [0, 0.05) is 23.7 Å². The fraction of sp³-hybridized carbons (Fsp3) is 0.462. The highest BCUT2D eigenvalue weighted by molar-refractivity contribution is 6.10. The smallest absolute Gasteiger partial charge is 0.235 e. The maximum Gasteiger partial charge on any atom is 0.235 e. The van der Waals surface area contributed by atoms with E-state index < -0.39 is 41.0 Å². The highest BCUT2D eigenvalue weighted by Crippen LogP contribution is 2.48.